The molecule has 0 aliphatic heterocycles. The van der Waals surface area contributed by atoms with Gasteiger partial charge >= 0.3 is 0 Å². The van der Waals surface area contributed by atoms with Crippen molar-refractivity contribution in [2.75, 3.05) is 25.0 Å². The van der Waals surface area contributed by atoms with Gasteiger partial charge in [-0.3, -0.25) is 4.79 Å². The highest BCUT2D eigenvalue weighted by Crippen LogP contribution is 2.27. The summed E-state index contributed by atoms with van der Waals surface area (Å²) in [6.07, 6.45) is 2.37. The van der Waals surface area contributed by atoms with Gasteiger partial charge in [-0.05, 0) is 44.5 Å². The lowest BCUT2D eigenvalue weighted by Gasteiger charge is -2.19. The minimum atomic E-state index is -0.251. The second-order valence-corrected chi connectivity index (χ2v) is 7.89. The van der Waals surface area contributed by atoms with Crippen LogP contribution >= 0.6 is 11.8 Å². The molecule has 2 heterocycles. The van der Waals surface area contributed by atoms with Crippen LogP contribution in [-0.2, 0) is 5.75 Å². The van der Waals surface area contributed by atoms with Gasteiger partial charge in [-0.15, -0.1) is 11.8 Å². The Morgan fingerprint density at radius 1 is 1.23 bits per heavy atom. The van der Waals surface area contributed by atoms with E-state index >= 15 is 0 Å². The van der Waals surface area contributed by atoms with Gasteiger partial charge in [0.1, 0.15) is 16.6 Å². The highest BCUT2D eigenvalue weighted by atomic mass is 32.2. The number of benzene rings is 1. The SMILES string of the molecule is Cc1noc(C)c1CSc1ncccc1C(=O)NCCCN(C)c1ccccc1F. The first kappa shape index (κ1) is 21.8. The standard InChI is InChI=1S/C22H25FN4O2S/c1-15-18(16(2)29-26-15)14-30-22-17(8-6-11-25-22)21(28)24-12-7-13-27(3)20-10-5-4-9-19(20)23/h4-6,8-11H,7,12-14H2,1-3H3,(H,24,28). The molecule has 30 heavy (non-hydrogen) atoms. The molecule has 0 saturated heterocycles. The second-order valence-electron chi connectivity index (χ2n) is 6.93. The van der Waals surface area contributed by atoms with Crippen LogP contribution in [0.4, 0.5) is 10.1 Å². The number of halogens is 1. The van der Waals surface area contributed by atoms with E-state index in [2.05, 4.69) is 15.5 Å². The van der Waals surface area contributed by atoms with E-state index in [1.807, 2.05) is 25.8 Å². The fraction of sp³-hybridized carbons (Fsp3) is 0.318. The maximum absolute atomic E-state index is 13.8. The van der Waals surface area contributed by atoms with Gasteiger partial charge in [-0.1, -0.05) is 17.3 Å². The summed E-state index contributed by atoms with van der Waals surface area (Å²) in [5, 5.41) is 7.56. The molecule has 3 rings (SSSR count). The predicted molar refractivity (Wildman–Crippen MR) is 116 cm³/mol. The minimum Gasteiger partial charge on any atom is -0.372 e. The number of hydrogen-bond acceptors (Lipinski definition) is 6. The largest absolute Gasteiger partial charge is 0.372 e. The van der Waals surface area contributed by atoms with E-state index < -0.39 is 0 Å². The number of aryl methyl sites for hydroxylation is 2. The lowest BCUT2D eigenvalue weighted by atomic mass is 10.2. The van der Waals surface area contributed by atoms with E-state index in [4.69, 9.17) is 4.52 Å². The van der Waals surface area contributed by atoms with Crippen LogP contribution in [0.5, 0.6) is 0 Å². The highest BCUT2D eigenvalue weighted by molar-refractivity contribution is 7.98. The number of hydrogen-bond donors (Lipinski definition) is 1. The number of aromatic nitrogens is 2. The number of anilines is 1. The normalized spacial score (nSPS) is 10.8. The van der Waals surface area contributed by atoms with Crippen LogP contribution in [-0.4, -0.2) is 36.2 Å². The smallest absolute Gasteiger partial charge is 0.254 e. The molecular weight excluding hydrogens is 403 g/mol. The quantitative estimate of drug-likeness (QED) is 0.403. The Hall–Kier alpha value is -2.87. The zero-order chi connectivity index (χ0) is 21.5. The summed E-state index contributed by atoms with van der Waals surface area (Å²) >= 11 is 1.48. The molecule has 8 heteroatoms. The number of amides is 1. The van der Waals surface area contributed by atoms with Gasteiger partial charge in [0.15, 0.2) is 0 Å². The molecule has 0 aliphatic rings. The summed E-state index contributed by atoms with van der Waals surface area (Å²) in [5.41, 5.74) is 2.96. The first-order valence-electron chi connectivity index (χ1n) is 9.70. The fourth-order valence-electron chi connectivity index (χ4n) is 3.02. The Balaban J connectivity index is 1.52. The average molecular weight is 429 g/mol. The lowest BCUT2D eigenvalue weighted by molar-refractivity contribution is 0.0949. The third-order valence-corrected chi connectivity index (χ3v) is 5.80. The van der Waals surface area contributed by atoms with E-state index in [9.17, 15) is 9.18 Å². The van der Waals surface area contributed by atoms with Crippen molar-refractivity contribution in [3.05, 3.63) is 71.0 Å². The van der Waals surface area contributed by atoms with Gasteiger partial charge in [-0.2, -0.15) is 0 Å². The Labute approximate surface area is 179 Å². The summed E-state index contributed by atoms with van der Waals surface area (Å²) in [6.45, 7) is 4.89. The van der Waals surface area contributed by atoms with Crippen molar-refractivity contribution >= 4 is 23.4 Å². The Morgan fingerprint density at radius 2 is 2.03 bits per heavy atom. The molecule has 0 aliphatic carbocycles. The maximum atomic E-state index is 13.8. The van der Waals surface area contributed by atoms with Crippen molar-refractivity contribution in [1.82, 2.24) is 15.5 Å². The summed E-state index contributed by atoms with van der Waals surface area (Å²) in [6, 6.07) is 10.2. The zero-order valence-corrected chi connectivity index (χ0v) is 18.1. The molecule has 1 N–H and O–H groups in total. The molecule has 0 bridgehead atoms. The molecule has 0 spiro atoms. The minimum absolute atomic E-state index is 0.169. The highest BCUT2D eigenvalue weighted by Gasteiger charge is 2.15. The number of thioether (sulfide) groups is 1. The van der Waals surface area contributed by atoms with Crippen molar-refractivity contribution in [3.8, 4) is 0 Å². The predicted octanol–water partition coefficient (Wildman–Crippen LogP) is 4.37. The Morgan fingerprint density at radius 3 is 2.77 bits per heavy atom. The topological polar surface area (TPSA) is 71.3 Å². The third kappa shape index (κ3) is 5.38. The van der Waals surface area contributed by atoms with Crippen LogP contribution < -0.4 is 10.2 Å². The van der Waals surface area contributed by atoms with Crippen LogP contribution in [0.2, 0.25) is 0 Å². The van der Waals surface area contributed by atoms with E-state index in [1.165, 1.54) is 17.8 Å². The van der Waals surface area contributed by atoms with Crippen molar-refractivity contribution in [2.24, 2.45) is 0 Å². The number of carbonyl (C=O) groups excluding carboxylic acids is 1. The third-order valence-electron chi connectivity index (χ3n) is 4.77. The number of para-hydroxylation sites is 1. The van der Waals surface area contributed by atoms with E-state index in [0.29, 0.717) is 41.5 Å². The number of pyridine rings is 1. The Bertz CT molecular complexity index is 989. The maximum Gasteiger partial charge on any atom is 0.254 e. The van der Waals surface area contributed by atoms with Crippen molar-refractivity contribution in [2.45, 2.75) is 31.0 Å². The molecule has 6 nitrogen and oxygen atoms in total. The van der Waals surface area contributed by atoms with Gasteiger partial charge in [0.05, 0.1) is 16.9 Å². The molecule has 2 aromatic heterocycles. The van der Waals surface area contributed by atoms with Gasteiger partial charge in [0, 0.05) is 37.7 Å². The molecule has 0 saturated carbocycles. The van der Waals surface area contributed by atoms with Gasteiger partial charge in [0.25, 0.3) is 5.91 Å². The molecule has 158 valence electrons. The van der Waals surface area contributed by atoms with E-state index in [-0.39, 0.29) is 11.7 Å². The van der Waals surface area contributed by atoms with Gasteiger partial charge in [0.2, 0.25) is 0 Å². The number of carbonyl (C=O) groups is 1. The summed E-state index contributed by atoms with van der Waals surface area (Å²) in [4.78, 5) is 18.9. The average Bonchev–Trinajstić information content (AvgIpc) is 3.07. The molecule has 3 aromatic rings. The van der Waals surface area contributed by atoms with Gasteiger partial charge in [-0.25, -0.2) is 9.37 Å². The molecule has 0 radical (unpaired) electrons. The number of nitrogens with one attached hydrogen (secondary N) is 1. The fourth-order valence-corrected chi connectivity index (χ4v) is 4.17. The van der Waals surface area contributed by atoms with Crippen molar-refractivity contribution in [1.29, 1.82) is 0 Å². The van der Waals surface area contributed by atoms with Crippen LogP contribution in [0.3, 0.4) is 0 Å². The molecule has 0 fully saturated rings. The number of nitrogens with zero attached hydrogens (tertiary/aromatic N) is 3. The van der Waals surface area contributed by atoms with E-state index in [0.717, 1.165) is 17.0 Å². The molecular formula is C22H25FN4O2S. The Kier molecular flexibility index (Phi) is 7.46. The van der Waals surface area contributed by atoms with Crippen LogP contribution in [0, 0.1) is 19.7 Å². The monoisotopic (exact) mass is 428 g/mol. The summed E-state index contributed by atoms with van der Waals surface area (Å²) < 4.78 is 19.0. The molecule has 1 aromatic carbocycles. The van der Waals surface area contributed by atoms with Crippen LogP contribution in [0.1, 0.15) is 33.8 Å². The molecule has 0 unspecified atom stereocenters. The summed E-state index contributed by atoms with van der Waals surface area (Å²) in [5.74, 6) is 0.990. The van der Waals surface area contributed by atoms with Crippen LogP contribution in [0.25, 0.3) is 0 Å². The zero-order valence-electron chi connectivity index (χ0n) is 17.3. The van der Waals surface area contributed by atoms with Crippen molar-refractivity contribution in [3.63, 3.8) is 0 Å². The molecule has 0 atom stereocenters. The van der Waals surface area contributed by atoms with Gasteiger partial charge < -0.3 is 14.7 Å². The van der Waals surface area contributed by atoms with E-state index in [1.54, 1.807) is 36.5 Å². The summed E-state index contributed by atoms with van der Waals surface area (Å²) in [7, 11) is 1.84. The van der Waals surface area contributed by atoms with Crippen LogP contribution in [0.15, 0.2) is 52.1 Å². The first-order chi connectivity index (χ1) is 14.5. The first-order valence-corrected chi connectivity index (χ1v) is 10.7. The number of rotatable bonds is 9. The van der Waals surface area contributed by atoms with Crippen molar-refractivity contribution < 1.29 is 13.7 Å². The molecule has 1 amide bonds. The second kappa shape index (κ2) is 10.2. The lowest BCUT2D eigenvalue weighted by Crippen LogP contribution is -2.29.